The van der Waals surface area contributed by atoms with Gasteiger partial charge in [-0.05, 0) is 54.9 Å². The Morgan fingerprint density at radius 1 is 0.947 bits per heavy atom. The summed E-state index contributed by atoms with van der Waals surface area (Å²) in [7, 11) is 0. The van der Waals surface area contributed by atoms with Crippen molar-refractivity contribution < 1.29 is 13.2 Å². The quantitative estimate of drug-likeness (QED) is 0.924. The monoisotopic (exact) mass is 283 g/mol. The zero-order valence-corrected chi connectivity index (χ0v) is 10.8. The van der Waals surface area contributed by atoms with Crippen molar-refractivity contribution in [1.82, 2.24) is 0 Å². The Hall–Kier alpha value is -1.46. The molecule has 0 amide bonds. The maximum absolute atomic E-state index is 13.8. The summed E-state index contributed by atoms with van der Waals surface area (Å²) in [4.78, 5) is 0.484. The zero-order valence-electron chi connectivity index (χ0n) is 10.00. The lowest BCUT2D eigenvalue weighted by molar-refractivity contribution is 0.537. The van der Waals surface area contributed by atoms with Crippen LogP contribution in [0.3, 0.4) is 0 Å². The minimum absolute atomic E-state index is 0.0904. The summed E-state index contributed by atoms with van der Waals surface area (Å²) in [5.74, 6) is -1.64. The fourth-order valence-electron chi connectivity index (χ4n) is 1.64. The highest BCUT2D eigenvalue weighted by molar-refractivity contribution is 7.99. The maximum Gasteiger partial charge on any atom is 0.140 e. The third kappa shape index (κ3) is 3.52. The molecule has 0 fully saturated rings. The van der Waals surface area contributed by atoms with Crippen molar-refractivity contribution in [1.29, 1.82) is 0 Å². The van der Waals surface area contributed by atoms with Gasteiger partial charge >= 0.3 is 0 Å². The summed E-state index contributed by atoms with van der Waals surface area (Å²) in [6.45, 7) is 0.337. The molecule has 19 heavy (non-hydrogen) atoms. The predicted octanol–water partition coefficient (Wildman–Crippen LogP) is 3.76. The number of halogens is 3. The van der Waals surface area contributed by atoms with Crippen LogP contribution in [0.1, 0.15) is 5.56 Å². The Balaban J connectivity index is 2.27. The third-order valence-corrected chi connectivity index (χ3v) is 3.63. The molecule has 100 valence electrons. The van der Waals surface area contributed by atoms with Gasteiger partial charge < -0.3 is 5.73 Å². The fraction of sp³-hybridized carbons (Fsp3) is 0.143. The molecule has 0 spiro atoms. The van der Waals surface area contributed by atoms with E-state index >= 15 is 0 Å². The zero-order chi connectivity index (χ0) is 13.8. The molecule has 2 aromatic carbocycles. The van der Waals surface area contributed by atoms with E-state index in [1.807, 2.05) is 0 Å². The van der Waals surface area contributed by atoms with Gasteiger partial charge in [-0.2, -0.15) is 0 Å². The third-order valence-electron chi connectivity index (χ3n) is 2.52. The van der Waals surface area contributed by atoms with Gasteiger partial charge in [0.15, 0.2) is 0 Å². The summed E-state index contributed by atoms with van der Waals surface area (Å²) in [5.41, 5.74) is 5.88. The van der Waals surface area contributed by atoms with Gasteiger partial charge in [-0.25, -0.2) is 13.2 Å². The summed E-state index contributed by atoms with van der Waals surface area (Å²) >= 11 is 0.928. The van der Waals surface area contributed by atoms with Crippen LogP contribution < -0.4 is 5.73 Å². The van der Waals surface area contributed by atoms with Gasteiger partial charge in [-0.1, -0.05) is 11.8 Å². The van der Waals surface area contributed by atoms with E-state index in [1.54, 1.807) is 0 Å². The van der Waals surface area contributed by atoms with E-state index in [0.29, 0.717) is 23.4 Å². The van der Waals surface area contributed by atoms with Crippen LogP contribution in [0.15, 0.2) is 46.2 Å². The lowest BCUT2D eigenvalue weighted by Crippen LogP contribution is -2.04. The molecule has 0 bridgehead atoms. The van der Waals surface area contributed by atoms with E-state index in [-0.39, 0.29) is 10.7 Å². The Morgan fingerprint density at radius 2 is 1.53 bits per heavy atom. The second kappa shape index (κ2) is 6.12. The molecule has 2 N–H and O–H groups in total. The molecule has 1 nitrogen and oxygen atoms in total. The first kappa shape index (κ1) is 14.0. The van der Waals surface area contributed by atoms with Crippen LogP contribution in [-0.2, 0) is 6.42 Å². The first-order valence-corrected chi connectivity index (χ1v) is 6.53. The average molecular weight is 283 g/mol. The summed E-state index contributed by atoms with van der Waals surface area (Å²) < 4.78 is 40.4. The molecule has 0 saturated heterocycles. The molecular formula is C14H12F3NS. The van der Waals surface area contributed by atoms with Gasteiger partial charge in [0.25, 0.3) is 0 Å². The Kier molecular flexibility index (Phi) is 4.50. The van der Waals surface area contributed by atoms with Gasteiger partial charge in [0.1, 0.15) is 17.5 Å². The summed E-state index contributed by atoms with van der Waals surface area (Å²) in [5, 5.41) is 0. The second-order valence-electron chi connectivity index (χ2n) is 3.98. The average Bonchev–Trinajstić information content (AvgIpc) is 2.36. The molecule has 0 aliphatic carbocycles. The fourth-order valence-corrected chi connectivity index (χ4v) is 2.46. The molecule has 5 heteroatoms. The van der Waals surface area contributed by atoms with Crippen LogP contribution in [0.4, 0.5) is 13.2 Å². The molecule has 0 radical (unpaired) electrons. The van der Waals surface area contributed by atoms with Crippen molar-refractivity contribution in [3.05, 3.63) is 59.4 Å². The number of rotatable bonds is 4. The van der Waals surface area contributed by atoms with E-state index in [0.717, 1.165) is 11.8 Å². The van der Waals surface area contributed by atoms with E-state index in [4.69, 9.17) is 5.73 Å². The minimum Gasteiger partial charge on any atom is -0.330 e. The number of hydrogen-bond acceptors (Lipinski definition) is 2. The van der Waals surface area contributed by atoms with E-state index < -0.39 is 11.6 Å². The highest BCUT2D eigenvalue weighted by Gasteiger charge is 2.12. The van der Waals surface area contributed by atoms with Gasteiger partial charge in [0.05, 0.1) is 4.90 Å². The van der Waals surface area contributed by atoms with Gasteiger partial charge in [0, 0.05) is 4.90 Å². The van der Waals surface area contributed by atoms with Crippen LogP contribution in [0.25, 0.3) is 0 Å². The van der Waals surface area contributed by atoms with Gasteiger partial charge in [-0.15, -0.1) is 0 Å². The molecule has 0 aromatic heterocycles. The first-order chi connectivity index (χ1) is 9.10. The Labute approximate surface area is 113 Å². The maximum atomic E-state index is 13.8. The molecule has 0 saturated carbocycles. The topological polar surface area (TPSA) is 26.0 Å². The van der Waals surface area contributed by atoms with Crippen LogP contribution in [0, 0.1) is 17.5 Å². The molecule has 0 aliphatic rings. The van der Waals surface area contributed by atoms with Gasteiger partial charge in [-0.3, -0.25) is 0 Å². The largest absolute Gasteiger partial charge is 0.330 e. The van der Waals surface area contributed by atoms with E-state index in [9.17, 15) is 13.2 Å². The number of hydrogen-bond donors (Lipinski definition) is 1. The minimum atomic E-state index is -0.627. The number of benzene rings is 2. The molecule has 0 unspecified atom stereocenters. The second-order valence-corrected chi connectivity index (χ2v) is 5.07. The van der Waals surface area contributed by atoms with Crippen LogP contribution in [0.2, 0.25) is 0 Å². The summed E-state index contributed by atoms with van der Waals surface area (Å²) in [6, 6.07) is 8.02. The van der Waals surface area contributed by atoms with Gasteiger partial charge in [0.2, 0.25) is 0 Å². The van der Waals surface area contributed by atoms with E-state index in [1.165, 1.54) is 36.4 Å². The first-order valence-electron chi connectivity index (χ1n) is 5.71. The smallest absolute Gasteiger partial charge is 0.140 e. The Morgan fingerprint density at radius 3 is 2.05 bits per heavy atom. The predicted molar refractivity (Wildman–Crippen MR) is 69.6 cm³/mol. The van der Waals surface area contributed by atoms with Crippen molar-refractivity contribution in [2.75, 3.05) is 6.54 Å². The van der Waals surface area contributed by atoms with E-state index in [2.05, 4.69) is 0 Å². The molecule has 2 aromatic rings. The molecule has 0 atom stereocenters. The molecule has 0 aliphatic heterocycles. The van der Waals surface area contributed by atoms with Crippen molar-refractivity contribution in [2.24, 2.45) is 5.73 Å². The van der Waals surface area contributed by atoms with Crippen LogP contribution >= 0.6 is 11.8 Å². The normalized spacial score (nSPS) is 10.7. The van der Waals surface area contributed by atoms with Crippen LogP contribution in [-0.4, -0.2) is 6.54 Å². The number of nitrogens with two attached hydrogens (primary N) is 1. The van der Waals surface area contributed by atoms with Crippen molar-refractivity contribution in [3.8, 4) is 0 Å². The standard InChI is InChI=1S/C14H12F3NS/c15-10-1-3-11(4-2-10)19-14-12(16)7-9(5-6-18)8-13(14)17/h1-4,7-8H,5-6,18H2. The SMILES string of the molecule is NCCc1cc(F)c(Sc2ccc(F)cc2)c(F)c1. The lowest BCUT2D eigenvalue weighted by atomic mass is 10.1. The Bertz CT molecular complexity index is 546. The molecule has 0 heterocycles. The summed E-state index contributed by atoms with van der Waals surface area (Å²) in [6.07, 6.45) is 0.426. The van der Waals surface area contributed by atoms with Crippen LogP contribution in [0.5, 0.6) is 0 Å². The molecular weight excluding hydrogens is 271 g/mol. The highest BCUT2D eigenvalue weighted by atomic mass is 32.2. The lowest BCUT2D eigenvalue weighted by Gasteiger charge is -2.07. The molecule has 2 rings (SSSR count). The highest BCUT2D eigenvalue weighted by Crippen LogP contribution is 2.32. The van der Waals surface area contributed by atoms with Crippen molar-refractivity contribution in [3.63, 3.8) is 0 Å². The van der Waals surface area contributed by atoms with Crippen molar-refractivity contribution in [2.45, 2.75) is 16.2 Å². The van der Waals surface area contributed by atoms with Crippen molar-refractivity contribution >= 4 is 11.8 Å².